The smallest absolute Gasteiger partial charge is 0.386 e. The maximum Gasteiger partial charge on any atom is 0.491 e. The van der Waals surface area contributed by atoms with Gasteiger partial charge in [0.2, 0.25) is 0 Å². The topological polar surface area (TPSA) is 127 Å². The number of hydrogen-bond acceptors (Lipinski definition) is 8. The molecule has 0 atom stereocenters. The van der Waals surface area contributed by atoms with Gasteiger partial charge in [-0.25, -0.2) is 14.6 Å². The number of alkyl halides is 3. The van der Waals surface area contributed by atoms with Gasteiger partial charge in [0.15, 0.2) is 11.5 Å². The van der Waals surface area contributed by atoms with E-state index in [2.05, 4.69) is 19.7 Å². The number of nitrogens with one attached hydrogen (secondary N) is 1. The minimum Gasteiger partial charge on any atom is -0.386 e. The monoisotopic (exact) mass is 465 g/mol. The van der Waals surface area contributed by atoms with Gasteiger partial charge in [-0.2, -0.15) is 18.2 Å². The molecule has 0 bridgehead atoms. The molecular formula is C20H18F3N5O5. The number of nitrogens with zero attached hydrogens (tertiary/aromatic N) is 4. The number of rotatable bonds is 4. The number of hydrogen-bond donors (Lipinski definition) is 1. The van der Waals surface area contributed by atoms with E-state index in [1.807, 2.05) is 4.90 Å². The maximum atomic E-state index is 12.3. The van der Waals surface area contributed by atoms with E-state index in [4.69, 9.17) is 0 Å². The fourth-order valence-electron chi connectivity index (χ4n) is 3.84. The van der Waals surface area contributed by atoms with Crippen molar-refractivity contribution in [3.05, 3.63) is 45.1 Å². The molecule has 0 spiro atoms. The van der Waals surface area contributed by atoms with Crippen molar-refractivity contribution in [2.24, 2.45) is 5.92 Å². The standard InChI is InChI=1S/C20H18F3N5O5/c21-20(22,23)18(31)33-17(30)11-5-7-27(8-6-11)9-10-28-13-4-2-1-3-12(13)24-14-15(28)25-19(32)26-16(14)29/h1-4,11H,5-10H2,(H,26,29,32). The van der Waals surface area contributed by atoms with Gasteiger partial charge in [-0.1, -0.05) is 12.1 Å². The van der Waals surface area contributed by atoms with Crippen molar-refractivity contribution in [1.29, 1.82) is 0 Å². The van der Waals surface area contributed by atoms with Gasteiger partial charge in [0.1, 0.15) is 0 Å². The number of aromatic nitrogens is 4. The van der Waals surface area contributed by atoms with Crippen LogP contribution in [0.25, 0.3) is 22.6 Å². The van der Waals surface area contributed by atoms with Crippen LogP contribution in [-0.4, -0.2) is 62.2 Å². The number of benzene rings is 1. The van der Waals surface area contributed by atoms with Crippen LogP contribution >= 0.6 is 0 Å². The van der Waals surface area contributed by atoms with Crippen molar-refractivity contribution in [2.45, 2.75) is 25.6 Å². The third-order valence-electron chi connectivity index (χ3n) is 5.50. The average molecular weight is 465 g/mol. The largest absolute Gasteiger partial charge is 0.491 e. The Morgan fingerprint density at radius 1 is 1.09 bits per heavy atom. The first-order valence-electron chi connectivity index (χ1n) is 10.1. The van der Waals surface area contributed by atoms with E-state index in [0.29, 0.717) is 37.2 Å². The summed E-state index contributed by atoms with van der Waals surface area (Å²) >= 11 is 0. The highest BCUT2D eigenvalue weighted by Gasteiger charge is 2.43. The molecule has 1 aromatic carbocycles. The van der Waals surface area contributed by atoms with Crippen LogP contribution in [0.4, 0.5) is 13.2 Å². The van der Waals surface area contributed by atoms with E-state index in [9.17, 15) is 32.3 Å². The summed E-state index contributed by atoms with van der Waals surface area (Å²) in [6, 6.07) is 7.07. The Balaban J connectivity index is 1.46. The van der Waals surface area contributed by atoms with Gasteiger partial charge in [-0.15, -0.1) is 0 Å². The lowest BCUT2D eigenvalue weighted by atomic mass is 9.97. The molecule has 1 N–H and O–H groups in total. The highest BCUT2D eigenvalue weighted by molar-refractivity contribution is 5.89. The molecule has 3 heterocycles. The Bertz CT molecular complexity index is 1290. The van der Waals surface area contributed by atoms with Crippen LogP contribution < -0.4 is 11.2 Å². The van der Waals surface area contributed by atoms with Gasteiger partial charge >= 0.3 is 23.8 Å². The number of fused-ring (bicyclic) bond motifs is 2. The lowest BCUT2D eigenvalue weighted by Crippen LogP contribution is -2.40. The number of piperidine rings is 1. The first kappa shape index (κ1) is 22.6. The molecule has 0 amide bonds. The van der Waals surface area contributed by atoms with Crippen LogP contribution in [0.2, 0.25) is 0 Å². The number of H-pyrrole nitrogens is 1. The van der Waals surface area contributed by atoms with Crippen LogP contribution in [0.5, 0.6) is 0 Å². The number of para-hydroxylation sites is 2. The van der Waals surface area contributed by atoms with Crippen LogP contribution in [-0.2, 0) is 20.9 Å². The summed E-state index contributed by atoms with van der Waals surface area (Å²) in [5.41, 5.74) is -0.175. The number of aromatic amines is 1. The lowest BCUT2D eigenvalue weighted by Gasteiger charge is -2.31. The second-order valence-electron chi connectivity index (χ2n) is 7.62. The van der Waals surface area contributed by atoms with Crippen molar-refractivity contribution in [3.8, 4) is 11.5 Å². The summed E-state index contributed by atoms with van der Waals surface area (Å²) in [4.78, 5) is 59.0. The number of carbonyl (C=O) groups excluding carboxylic acids is 2. The lowest BCUT2D eigenvalue weighted by molar-refractivity contribution is -0.203. The molecule has 0 aromatic heterocycles. The van der Waals surface area contributed by atoms with E-state index in [0.717, 1.165) is 0 Å². The summed E-state index contributed by atoms with van der Waals surface area (Å²) < 4.78 is 42.5. The molecule has 10 nitrogen and oxygen atoms in total. The van der Waals surface area contributed by atoms with Crippen molar-refractivity contribution in [2.75, 3.05) is 19.6 Å². The molecule has 1 saturated heterocycles. The number of ether oxygens (including phenoxy) is 1. The number of likely N-dealkylation sites (tertiary alicyclic amines) is 1. The highest BCUT2D eigenvalue weighted by Crippen LogP contribution is 2.23. The Morgan fingerprint density at radius 3 is 2.48 bits per heavy atom. The van der Waals surface area contributed by atoms with Crippen LogP contribution in [0.15, 0.2) is 33.9 Å². The molecule has 174 valence electrons. The molecule has 33 heavy (non-hydrogen) atoms. The van der Waals surface area contributed by atoms with Crippen LogP contribution in [0, 0.1) is 5.92 Å². The second-order valence-corrected chi connectivity index (χ2v) is 7.62. The Labute approximate surface area is 183 Å². The fourth-order valence-corrected chi connectivity index (χ4v) is 3.84. The molecule has 4 rings (SSSR count). The van der Waals surface area contributed by atoms with E-state index in [1.165, 1.54) is 0 Å². The number of halogens is 3. The van der Waals surface area contributed by atoms with Crippen molar-refractivity contribution in [1.82, 2.24) is 24.4 Å². The van der Waals surface area contributed by atoms with Gasteiger partial charge < -0.3 is 14.2 Å². The summed E-state index contributed by atoms with van der Waals surface area (Å²) in [6.07, 6.45) is -4.76. The number of carbonyl (C=O) groups is 2. The van der Waals surface area contributed by atoms with E-state index < -0.39 is 35.3 Å². The van der Waals surface area contributed by atoms with Crippen LogP contribution in [0.3, 0.4) is 0 Å². The maximum absolute atomic E-state index is 12.3. The molecule has 3 aliphatic rings. The number of esters is 2. The van der Waals surface area contributed by atoms with Gasteiger partial charge in [0, 0.05) is 13.1 Å². The molecule has 3 aliphatic heterocycles. The van der Waals surface area contributed by atoms with Gasteiger partial charge in [-0.3, -0.25) is 14.6 Å². The molecule has 0 radical (unpaired) electrons. The van der Waals surface area contributed by atoms with Crippen LogP contribution in [0.1, 0.15) is 12.8 Å². The zero-order chi connectivity index (χ0) is 23.8. The molecule has 1 fully saturated rings. The third-order valence-corrected chi connectivity index (χ3v) is 5.50. The van der Waals surface area contributed by atoms with Crippen molar-refractivity contribution < 1.29 is 27.5 Å². The summed E-state index contributed by atoms with van der Waals surface area (Å²) in [5, 5.41) is 0. The molecular weight excluding hydrogens is 447 g/mol. The Morgan fingerprint density at radius 2 is 1.79 bits per heavy atom. The van der Waals surface area contributed by atoms with E-state index in [-0.39, 0.29) is 24.4 Å². The van der Waals surface area contributed by atoms with E-state index in [1.54, 1.807) is 28.8 Å². The first-order valence-corrected chi connectivity index (χ1v) is 10.1. The van der Waals surface area contributed by atoms with E-state index >= 15 is 0 Å². The predicted octanol–water partition coefficient (Wildman–Crippen LogP) is 0.929. The third kappa shape index (κ3) is 4.77. The minimum atomic E-state index is -5.22. The normalized spacial score (nSPS) is 15.7. The summed E-state index contributed by atoms with van der Waals surface area (Å²) in [5.74, 6) is -4.34. The quantitative estimate of drug-likeness (QED) is 0.343. The summed E-state index contributed by atoms with van der Waals surface area (Å²) in [7, 11) is 0. The molecule has 0 aliphatic carbocycles. The molecule has 1 aromatic rings. The average Bonchev–Trinajstić information content (AvgIpc) is 2.77. The predicted molar refractivity (Wildman–Crippen MR) is 107 cm³/mol. The SMILES string of the molecule is O=C(OC(=O)C(F)(F)F)C1CCN(CCn2c3nc(=O)[nH]c(=O)c-3nc3ccccc32)CC1. The van der Waals surface area contributed by atoms with Gasteiger partial charge in [-0.05, 0) is 38.1 Å². The Hall–Kier alpha value is -3.61. The Kier molecular flexibility index (Phi) is 5.97. The minimum absolute atomic E-state index is 0.0316. The second kappa shape index (κ2) is 8.73. The van der Waals surface area contributed by atoms with Crippen molar-refractivity contribution in [3.63, 3.8) is 0 Å². The van der Waals surface area contributed by atoms with Gasteiger partial charge in [0.05, 0.1) is 17.0 Å². The highest BCUT2D eigenvalue weighted by atomic mass is 19.4. The zero-order valence-electron chi connectivity index (χ0n) is 17.1. The zero-order valence-corrected chi connectivity index (χ0v) is 17.1. The molecule has 0 saturated carbocycles. The first-order chi connectivity index (χ1) is 15.6. The molecule has 13 heteroatoms. The van der Waals surface area contributed by atoms with Crippen molar-refractivity contribution >= 4 is 23.0 Å². The van der Waals surface area contributed by atoms with Gasteiger partial charge in [0.25, 0.3) is 5.56 Å². The molecule has 0 unspecified atom stereocenters. The fraction of sp³-hybridized carbons (Fsp3) is 0.400. The summed E-state index contributed by atoms with van der Waals surface area (Å²) in [6.45, 7) is 1.58.